The van der Waals surface area contributed by atoms with Crippen LogP contribution in [0.1, 0.15) is 18.0 Å². The van der Waals surface area contributed by atoms with Crippen molar-refractivity contribution in [3.63, 3.8) is 0 Å². The zero-order valence-electron chi connectivity index (χ0n) is 13.3. The van der Waals surface area contributed by atoms with Crippen molar-refractivity contribution >= 4 is 10.8 Å². The number of fused-ring (bicyclic) bond motifs is 4. The molecule has 23 heavy (non-hydrogen) atoms. The fourth-order valence-corrected chi connectivity index (χ4v) is 4.84. The van der Waals surface area contributed by atoms with Gasteiger partial charge < -0.3 is 9.67 Å². The molecular formula is C17H24N2O3S. The van der Waals surface area contributed by atoms with E-state index < -0.39 is 16.9 Å². The van der Waals surface area contributed by atoms with E-state index in [0.29, 0.717) is 29.9 Å². The number of likely N-dealkylation sites (tertiary alicyclic amines) is 1. The maximum Gasteiger partial charge on any atom is 0.250 e. The Morgan fingerprint density at radius 1 is 1.39 bits per heavy atom. The van der Waals surface area contributed by atoms with Crippen molar-refractivity contribution in [2.75, 3.05) is 31.1 Å². The fourth-order valence-electron chi connectivity index (χ4n) is 3.91. The van der Waals surface area contributed by atoms with Crippen LogP contribution in [0.2, 0.25) is 0 Å². The number of pyridine rings is 1. The molecule has 3 rings (SSSR count). The van der Waals surface area contributed by atoms with Crippen LogP contribution < -0.4 is 5.56 Å². The Labute approximate surface area is 139 Å². The van der Waals surface area contributed by atoms with E-state index in [2.05, 4.69) is 11.5 Å². The first-order valence-corrected chi connectivity index (χ1v) is 9.61. The molecule has 3 heterocycles. The van der Waals surface area contributed by atoms with E-state index >= 15 is 0 Å². The van der Waals surface area contributed by atoms with Crippen LogP contribution in [0.15, 0.2) is 35.6 Å². The van der Waals surface area contributed by atoms with E-state index in [4.69, 9.17) is 0 Å². The van der Waals surface area contributed by atoms with Gasteiger partial charge in [-0.1, -0.05) is 12.1 Å². The molecule has 0 aliphatic carbocycles. The average molecular weight is 336 g/mol. The third-order valence-corrected chi connectivity index (χ3v) is 6.07. The number of rotatable bonds is 6. The van der Waals surface area contributed by atoms with Crippen LogP contribution in [0.5, 0.6) is 0 Å². The zero-order valence-corrected chi connectivity index (χ0v) is 14.1. The van der Waals surface area contributed by atoms with Crippen LogP contribution in [0.3, 0.4) is 0 Å². The second-order valence-corrected chi connectivity index (χ2v) is 8.18. The van der Waals surface area contributed by atoms with Gasteiger partial charge in [0.15, 0.2) is 0 Å². The number of hydrogen-bond donors (Lipinski definition) is 1. The maximum atomic E-state index is 12.0. The van der Waals surface area contributed by atoms with E-state index in [0.717, 1.165) is 31.7 Å². The summed E-state index contributed by atoms with van der Waals surface area (Å²) in [6, 6.07) is 5.50. The molecule has 1 aromatic heterocycles. The van der Waals surface area contributed by atoms with Crippen molar-refractivity contribution in [3.05, 3.63) is 46.9 Å². The van der Waals surface area contributed by atoms with Crippen molar-refractivity contribution in [1.82, 2.24) is 9.47 Å². The third-order valence-electron chi connectivity index (χ3n) is 4.71. The molecule has 2 aliphatic heterocycles. The second kappa shape index (κ2) is 7.11. The van der Waals surface area contributed by atoms with Gasteiger partial charge >= 0.3 is 0 Å². The first kappa shape index (κ1) is 16.6. The summed E-state index contributed by atoms with van der Waals surface area (Å²) in [5.41, 5.74) is 1.20. The second-order valence-electron chi connectivity index (χ2n) is 6.63. The molecule has 6 heteroatoms. The summed E-state index contributed by atoms with van der Waals surface area (Å²) >= 11 is 0. The Hall–Kier alpha value is -1.24. The minimum atomic E-state index is -1.04. The summed E-state index contributed by atoms with van der Waals surface area (Å²) in [7, 11) is -1.04. The summed E-state index contributed by atoms with van der Waals surface area (Å²) in [6.07, 6.45) is 2.16. The fraction of sp³-hybridized carbons (Fsp3) is 0.588. The largest absolute Gasteiger partial charge is 0.391 e. The summed E-state index contributed by atoms with van der Waals surface area (Å²) < 4.78 is 13.6. The highest BCUT2D eigenvalue weighted by molar-refractivity contribution is 7.85. The van der Waals surface area contributed by atoms with Crippen molar-refractivity contribution in [2.24, 2.45) is 5.92 Å². The summed E-state index contributed by atoms with van der Waals surface area (Å²) in [4.78, 5) is 14.3. The summed E-state index contributed by atoms with van der Waals surface area (Å²) in [5.74, 6) is 1.53. The van der Waals surface area contributed by atoms with Crippen LogP contribution in [-0.4, -0.2) is 56.0 Å². The van der Waals surface area contributed by atoms with Gasteiger partial charge in [-0.3, -0.25) is 13.9 Å². The number of piperidine rings is 1. The Kier molecular flexibility index (Phi) is 5.14. The lowest BCUT2D eigenvalue weighted by molar-refractivity contribution is 0.0714. The zero-order chi connectivity index (χ0) is 16.4. The Balaban J connectivity index is 1.65. The lowest BCUT2D eigenvalue weighted by Crippen LogP contribution is -2.49. The molecule has 5 nitrogen and oxygen atoms in total. The molecule has 1 saturated heterocycles. The van der Waals surface area contributed by atoms with E-state index in [1.54, 1.807) is 12.1 Å². The molecule has 0 unspecified atom stereocenters. The number of nitrogens with zero attached hydrogens (tertiary/aromatic N) is 2. The molecule has 126 valence electrons. The normalized spacial score (nSPS) is 26.3. The molecule has 1 aromatic rings. The van der Waals surface area contributed by atoms with Crippen LogP contribution in [0, 0.1) is 5.92 Å². The highest BCUT2D eigenvalue weighted by Crippen LogP contribution is 2.34. The number of aliphatic hydroxyl groups excluding tert-OH is 1. The average Bonchev–Trinajstić information content (AvgIpc) is 2.48. The van der Waals surface area contributed by atoms with Crippen LogP contribution in [-0.2, 0) is 17.3 Å². The molecule has 0 aromatic carbocycles. The van der Waals surface area contributed by atoms with Crippen molar-refractivity contribution in [3.8, 4) is 0 Å². The first-order chi connectivity index (χ1) is 11.1. The first-order valence-electron chi connectivity index (χ1n) is 8.13. The predicted octanol–water partition coefficient (Wildman–Crippen LogP) is 0.563. The number of β-amino-alcohol motifs (C(OH)–C–C–N with tert-alkyl or cyclic N) is 1. The molecule has 0 spiro atoms. The highest BCUT2D eigenvalue weighted by Gasteiger charge is 2.34. The van der Waals surface area contributed by atoms with Gasteiger partial charge in [0, 0.05) is 60.4 Å². The molecule has 1 fully saturated rings. The van der Waals surface area contributed by atoms with Crippen LogP contribution in [0.25, 0.3) is 0 Å². The molecule has 1 N–H and O–H groups in total. The molecule has 2 aliphatic rings. The number of aliphatic hydroxyl groups is 1. The molecular weight excluding hydrogens is 312 g/mol. The van der Waals surface area contributed by atoms with Gasteiger partial charge in [0.1, 0.15) is 0 Å². The lowest BCUT2D eigenvalue weighted by atomic mass is 9.83. The lowest BCUT2D eigenvalue weighted by Gasteiger charge is -2.43. The summed E-state index contributed by atoms with van der Waals surface area (Å²) in [6.45, 7) is 6.63. The van der Waals surface area contributed by atoms with E-state index in [9.17, 15) is 14.1 Å². The smallest absolute Gasteiger partial charge is 0.250 e. The van der Waals surface area contributed by atoms with E-state index in [1.165, 1.54) is 0 Å². The molecule has 0 radical (unpaired) electrons. The molecule has 0 amide bonds. The summed E-state index contributed by atoms with van der Waals surface area (Å²) in [5, 5.41) is 10.2. The monoisotopic (exact) mass is 336 g/mol. The van der Waals surface area contributed by atoms with Gasteiger partial charge in [0.05, 0.1) is 11.9 Å². The Bertz CT molecular complexity index is 657. The van der Waals surface area contributed by atoms with Gasteiger partial charge in [0.25, 0.3) is 5.56 Å². The number of aromatic nitrogens is 1. The quantitative estimate of drug-likeness (QED) is 0.771. The van der Waals surface area contributed by atoms with E-state index in [1.807, 2.05) is 16.7 Å². The standard InChI is InChI=1S/C17H24N2O3S/c1-2-6-23(22)12-15(20)11-18-8-13-7-14(10-18)16-4-3-5-17(21)19(16)9-13/h2-5,13-15,20H,1,6-12H2/t13-,14+,15-,23-/m1/s1. The van der Waals surface area contributed by atoms with Gasteiger partial charge in [0.2, 0.25) is 0 Å². The van der Waals surface area contributed by atoms with Gasteiger partial charge in [-0.15, -0.1) is 6.58 Å². The third kappa shape index (κ3) is 3.82. The highest BCUT2D eigenvalue weighted by atomic mass is 32.2. The van der Waals surface area contributed by atoms with Gasteiger partial charge in [-0.25, -0.2) is 0 Å². The minimum Gasteiger partial charge on any atom is -0.391 e. The Morgan fingerprint density at radius 2 is 2.22 bits per heavy atom. The minimum absolute atomic E-state index is 0.0884. The van der Waals surface area contributed by atoms with Crippen molar-refractivity contribution in [1.29, 1.82) is 0 Å². The number of hydrogen-bond acceptors (Lipinski definition) is 4. The molecule has 4 atom stereocenters. The van der Waals surface area contributed by atoms with E-state index in [-0.39, 0.29) is 5.56 Å². The van der Waals surface area contributed by atoms with Crippen LogP contribution >= 0.6 is 0 Å². The topological polar surface area (TPSA) is 62.5 Å². The van der Waals surface area contributed by atoms with Gasteiger partial charge in [-0.2, -0.15) is 0 Å². The van der Waals surface area contributed by atoms with Gasteiger partial charge in [-0.05, 0) is 18.4 Å². The van der Waals surface area contributed by atoms with Crippen LogP contribution in [0.4, 0.5) is 0 Å². The van der Waals surface area contributed by atoms with Crippen molar-refractivity contribution < 1.29 is 9.32 Å². The van der Waals surface area contributed by atoms with Crippen molar-refractivity contribution in [2.45, 2.75) is 25.0 Å². The predicted molar refractivity (Wildman–Crippen MR) is 92.1 cm³/mol. The maximum absolute atomic E-state index is 12.0. The molecule has 0 saturated carbocycles. The molecule has 2 bridgehead atoms. The Morgan fingerprint density at radius 3 is 3.00 bits per heavy atom. The SMILES string of the molecule is C=CC[S@@](=O)C[C@H](O)CN1C[C@H]2C[C@@H](C1)c1cccc(=O)n1C2.